The molecule has 0 aromatic carbocycles. The van der Waals surface area contributed by atoms with Crippen LogP contribution in [0.15, 0.2) is 41.6 Å². The molecular weight excluding hydrogens is 290 g/mol. The van der Waals surface area contributed by atoms with Gasteiger partial charge in [-0.2, -0.15) is 0 Å². The smallest absolute Gasteiger partial charge is 0.132 e. The van der Waals surface area contributed by atoms with E-state index in [2.05, 4.69) is 24.8 Å². The van der Waals surface area contributed by atoms with Gasteiger partial charge in [-0.25, -0.2) is 15.0 Å². The Morgan fingerprint density at radius 3 is 2.83 bits per heavy atom. The number of aryl methyl sites for hydroxylation is 1. The quantitative estimate of drug-likeness (QED) is 0.804. The van der Waals surface area contributed by atoms with E-state index in [-0.39, 0.29) is 0 Å². The maximum absolute atomic E-state index is 5.17. The van der Waals surface area contributed by atoms with Crippen LogP contribution in [0, 0.1) is 6.92 Å². The van der Waals surface area contributed by atoms with Crippen molar-refractivity contribution in [2.75, 3.05) is 18.0 Å². The van der Waals surface area contributed by atoms with Crippen LogP contribution in [0.5, 0.6) is 0 Å². The molecule has 0 atom stereocenters. The van der Waals surface area contributed by atoms with Crippen LogP contribution in [-0.2, 0) is 0 Å². The molecule has 1 N–H and O–H groups in total. The highest BCUT2D eigenvalue weighted by atomic mass is 16.3. The molecule has 118 valence electrons. The third kappa shape index (κ3) is 2.84. The van der Waals surface area contributed by atoms with Crippen molar-refractivity contribution in [3.05, 3.63) is 48.7 Å². The lowest BCUT2D eigenvalue weighted by atomic mass is 9.94. The maximum atomic E-state index is 5.17. The maximum Gasteiger partial charge on any atom is 0.132 e. The second-order valence-corrected chi connectivity index (χ2v) is 5.94. The van der Waals surface area contributed by atoms with Crippen molar-refractivity contribution < 1.29 is 4.42 Å². The Kier molecular flexibility index (Phi) is 3.57. The van der Waals surface area contributed by atoms with Gasteiger partial charge in [0.15, 0.2) is 0 Å². The highest BCUT2D eigenvalue weighted by molar-refractivity contribution is 5.61. The highest BCUT2D eigenvalue weighted by Crippen LogP contribution is 2.30. The molecule has 1 aliphatic rings. The Morgan fingerprint density at radius 1 is 1.26 bits per heavy atom. The molecule has 1 saturated heterocycles. The van der Waals surface area contributed by atoms with Gasteiger partial charge in [0.1, 0.15) is 11.6 Å². The Balaban J connectivity index is 1.53. The van der Waals surface area contributed by atoms with Crippen LogP contribution < -0.4 is 4.90 Å². The number of aromatic amines is 1. The van der Waals surface area contributed by atoms with Crippen LogP contribution in [0.3, 0.4) is 0 Å². The van der Waals surface area contributed by atoms with E-state index in [9.17, 15) is 0 Å². The van der Waals surface area contributed by atoms with Crippen LogP contribution in [0.1, 0.15) is 30.3 Å². The van der Waals surface area contributed by atoms with E-state index in [1.165, 1.54) is 5.69 Å². The van der Waals surface area contributed by atoms with Crippen LogP contribution in [-0.4, -0.2) is 33.0 Å². The standard InChI is InChI=1S/C17H19N5O/c1-12-20-15(14-4-7-23-10-14)8-17(21-12)22-5-2-13(3-6-22)16-9-18-11-19-16/h4,7-11,13H,2-3,5-6H2,1H3,(H,18,19). The lowest BCUT2D eigenvalue weighted by Gasteiger charge is -2.32. The van der Waals surface area contributed by atoms with E-state index >= 15 is 0 Å². The first-order valence-corrected chi connectivity index (χ1v) is 7.91. The molecule has 1 fully saturated rings. The van der Waals surface area contributed by atoms with E-state index in [4.69, 9.17) is 4.42 Å². The summed E-state index contributed by atoms with van der Waals surface area (Å²) in [7, 11) is 0. The summed E-state index contributed by atoms with van der Waals surface area (Å²) in [6.45, 7) is 3.92. The van der Waals surface area contributed by atoms with E-state index in [1.807, 2.05) is 25.3 Å². The topological polar surface area (TPSA) is 70.8 Å². The Morgan fingerprint density at radius 2 is 2.13 bits per heavy atom. The number of piperidine rings is 1. The fourth-order valence-electron chi connectivity index (χ4n) is 3.18. The Hall–Kier alpha value is -2.63. The summed E-state index contributed by atoms with van der Waals surface area (Å²) in [5.74, 6) is 2.34. The molecule has 6 nitrogen and oxygen atoms in total. The average Bonchev–Trinajstić information content (AvgIpc) is 3.28. The summed E-state index contributed by atoms with van der Waals surface area (Å²) in [6, 6.07) is 3.98. The van der Waals surface area contributed by atoms with Crippen LogP contribution in [0.25, 0.3) is 11.3 Å². The zero-order chi connectivity index (χ0) is 15.6. The molecule has 0 bridgehead atoms. The van der Waals surface area contributed by atoms with Crippen molar-refractivity contribution >= 4 is 5.82 Å². The van der Waals surface area contributed by atoms with Crippen molar-refractivity contribution in [3.8, 4) is 11.3 Å². The summed E-state index contributed by atoms with van der Waals surface area (Å²) in [5.41, 5.74) is 3.14. The minimum atomic E-state index is 0.560. The molecule has 0 radical (unpaired) electrons. The van der Waals surface area contributed by atoms with Gasteiger partial charge in [-0.05, 0) is 25.8 Å². The highest BCUT2D eigenvalue weighted by Gasteiger charge is 2.23. The Bertz CT molecular complexity index is 758. The minimum Gasteiger partial charge on any atom is -0.472 e. The van der Waals surface area contributed by atoms with Crippen molar-refractivity contribution in [2.45, 2.75) is 25.7 Å². The molecular formula is C17H19N5O. The normalized spacial score (nSPS) is 16.0. The summed E-state index contributed by atoms with van der Waals surface area (Å²) in [4.78, 5) is 18.8. The second kappa shape index (κ2) is 5.87. The predicted molar refractivity (Wildman–Crippen MR) is 87.2 cm³/mol. The molecule has 0 aliphatic carbocycles. The van der Waals surface area contributed by atoms with Crippen molar-refractivity contribution in [1.29, 1.82) is 0 Å². The van der Waals surface area contributed by atoms with E-state index in [0.29, 0.717) is 5.92 Å². The molecule has 0 unspecified atom stereocenters. The third-order valence-electron chi connectivity index (χ3n) is 4.42. The summed E-state index contributed by atoms with van der Waals surface area (Å²) < 4.78 is 5.17. The largest absolute Gasteiger partial charge is 0.472 e. The number of imidazole rings is 1. The van der Waals surface area contributed by atoms with Gasteiger partial charge in [0.25, 0.3) is 0 Å². The lowest BCUT2D eigenvalue weighted by molar-refractivity contribution is 0.495. The molecule has 4 heterocycles. The monoisotopic (exact) mass is 309 g/mol. The zero-order valence-corrected chi connectivity index (χ0v) is 13.1. The SMILES string of the molecule is Cc1nc(-c2ccoc2)cc(N2CCC(c3cnc[nH]3)CC2)n1. The number of furan rings is 1. The molecule has 23 heavy (non-hydrogen) atoms. The molecule has 0 spiro atoms. The number of hydrogen-bond donors (Lipinski definition) is 1. The fourth-order valence-corrected chi connectivity index (χ4v) is 3.18. The van der Waals surface area contributed by atoms with Crippen molar-refractivity contribution in [3.63, 3.8) is 0 Å². The lowest BCUT2D eigenvalue weighted by Crippen LogP contribution is -2.33. The number of rotatable bonds is 3. The number of nitrogens with one attached hydrogen (secondary N) is 1. The van der Waals surface area contributed by atoms with E-state index < -0.39 is 0 Å². The fraction of sp³-hybridized carbons (Fsp3) is 0.353. The van der Waals surface area contributed by atoms with Gasteiger partial charge in [0, 0.05) is 42.5 Å². The first-order valence-electron chi connectivity index (χ1n) is 7.91. The minimum absolute atomic E-state index is 0.560. The molecule has 0 saturated carbocycles. The average molecular weight is 309 g/mol. The van der Waals surface area contributed by atoms with E-state index in [1.54, 1.807) is 18.9 Å². The van der Waals surface area contributed by atoms with Crippen molar-refractivity contribution in [2.24, 2.45) is 0 Å². The van der Waals surface area contributed by atoms with Gasteiger partial charge in [-0.3, -0.25) is 0 Å². The molecule has 3 aromatic rings. The van der Waals surface area contributed by atoms with Gasteiger partial charge in [-0.1, -0.05) is 0 Å². The summed E-state index contributed by atoms with van der Waals surface area (Å²) in [6.07, 6.45) is 9.29. The summed E-state index contributed by atoms with van der Waals surface area (Å²) in [5, 5.41) is 0. The molecule has 4 rings (SSSR count). The van der Waals surface area contributed by atoms with E-state index in [0.717, 1.165) is 48.8 Å². The molecule has 3 aromatic heterocycles. The summed E-state index contributed by atoms with van der Waals surface area (Å²) >= 11 is 0. The van der Waals surface area contributed by atoms with Crippen LogP contribution >= 0.6 is 0 Å². The number of anilines is 1. The first-order chi connectivity index (χ1) is 11.3. The molecule has 1 aliphatic heterocycles. The first kappa shape index (κ1) is 14.0. The number of nitrogens with zero attached hydrogens (tertiary/aromatic N) is 4. The zero-order valence-electron chi connectivity index (χ0n) is 13.1. The molecule has 6 heteroatoms. The number of hydrogen-bond acceptors (Lipinski definition) is 5. The van der Waals surface area contributed by atoms with Gasteiger partial charge in [-0.15, -0.1) is 0 Å². The Labute approximate surface area is 134 Å². The van der Waals surface area contributed by atoms with Crippen LogP contribution in [0.2, 0.25) is 0 Å². The predicted octanol–water partition coefficient (Wildman–Crippen LogP) is 3.15. The second-order valence-electron chi connectivity index (χ2n) is 5.94. The van der Waals surface area contributed by atoms with Gasteiger partial charge in [0.2, 0.25) is 0 Å². The number of H-pyrrole nitrogens is 1. The van der Waals surface area contributed by atoms with Crippen molar-refractivity contribution in [1.82, 2.24) is 19.9 Å². The van der Waals surface area contributed by atoms with Gasteiger partial charge >= 0.3 is 0 Å². The van der Waals surface area contributed by atoms with Gasteiger partial charge < -0.3 is 14.3 Å². The molecule has 0 amide bonds. The van der Waals surface area contributed by atoms with Crippen LogP contribution in [0.4, 0.5) is 5.82 Å². The number of aromatic nitrogens is 4. The van der Waals surface area contributed by atoms with Gasteiger partial charge in [0.05, 0.1) is 24.5 Å². The third-order valence-corrected chi connectivity index (χ3v) is 4.42.